The van der Waals surface area contributed by atoms with Crippen molar-refractivity contribution < 1.29 is 9.53 Å². The molecule has 3 nitrogen and oxygen atoms in total. The molecule has 2 bridgehead atoms. The predicted octanol–water partition coefficient (Wildman–Crippen LogP) is 3.61. The molecule has 0 spiro atoms. The molecule has 0 amide bonds. The standard InChI is InChI=1S/C19H29NO2/c1-3-19(12-6-5-7-13-19)20-17-15-10-8-14(9-11-15)16(17)18(21)22-4-2/h5-7,12,14-17,20H,3-4,8-11,13H2,1-2H3/t14?,15?,16-,17+,19-/m1/s1. The summed E-state index contributed by atoms with van der Waals surface area (Å²) < 4.78 is 5.41. The Balaban J connectivity index is 1.81. The lowest BCUT2D eigenvalue weighted by Crippen LogP contribution is -2.61. The fourth-order valence-electron chi connectivity index (χ4n) is 4.70. The second-order valence-corrected chi connectivity index (χ2v) is 7.12. The van der Waals surface area contributed by atoms with Crippen LogP contribution in [0.5, 0.6) is 0 Å². The van der Waals surface area contributed by atoms with Crippen molar-refractivity contribution in [2.24, 2.45) is 17.8 Å². The molecule has 0 aromatic heterocycles. The van der Waals surface area contributed by atoms with E-state index in [0.717, 1.165) is 12.8 Å². The van der Waals surface area contributed by atoms with Crippen LogP contribution in [-0.4, -0.2) is 24.2 Å². The van der Waals surface area contributed by atoms with Crippen molar-refractivity contribution in [2.75, 3.05) is 6.61 Å². The number of carbonyl (C=O) groups excluding carboxylic acids is 1. The maximum absolute atomic E-state index is 12.5. The molecule has 22 heavy (non-hydrogen) atoms. The van der Waals surface area contributed by atoms with Crippen LogP contribution in [0.15, 0.2) is 24.3 Å². The fourth-order valence-corrected chi connectivity index (χ4v) is 4.70. The van der Waals surface area contributed by atoms with Crippen LogP contribution in [0.25, 0.3) is 0 Å². The first kappa shape index (κ1) is 15.8. The Labute approximate surface area is 134 Å². The zero-order valence-electron chi connectivity index (χ0n) is 13.9. The van der Waals surface area contributed by atoms with Gasteiger partial charge in [-0.3, -0.25) is 4.79 Å². The Hall–Kier alpha value is -1.09. The largest absolute Gasteiger partial charge is 0.466 e. The summed E-state index contributed by atoms with van der Waals surface area (Å²) in [5, 5.41) is 3.90. The van der Waals surface area contributed by atoms with Gasteiger partial charge in [-0.15, -0.1) is 0 Å². The molecule has 1 N–H and O–H groups in total. The van der Waals surface area contributed by atoms with E-state index in [1.165, 1.54) is 25.7 Å². The molecule has 3 heteroatoms. The van der Waals surface area contributed by atoms with Gasteiger partial charge in [0.05, 0.1) is 12.5 Å². The maximum atomic E-state index is 12.5. The Bertz CT molecular complexity index is 462. The van der Waals surface area contributed by atoms with Gasteiger partial charge in [-0.05, 0) is 57.3 Å². The van der Waals surface area contributed by atoms with Crippen LogP contribution in [0.1, 0.15) is 52.4 Å². The van der Waals surface area contributed by atoms with Crippen molar-refractivity contribution in [3.8, 4) is 0 Å². The molecule has 0 unspecified atom stereocenters. The van der Waals surface area contributed by atoms with E-state index in [9.17, 15) is 4.79 Å². The van der Waals surface area contributed by atoms with Crippen LogP contribution in [0, 0.1) is 17.8 Å². The van der Waals surface area contributed by atoms with E-state index in [1.54, 1.807) is 0 Å². The SMILES string of the molecule is CCOC(=O)[C@@H]1C2CCC(CC2)[C@@H]1N[C@]1(CC)C=CC=CC1. The second kappa shape index (κ2) is 6.57. The molecule has 3 atom stereocenters. The third-order valence-electron chi connectivity index (χ3n) is 6.01. The summed E-state index contributed by atoms with van der Waals surface area (Å²) in [6.07, 6.45) is 15.8. The Kier molecular flexibility index (Phi) is 4.72. The Morgan fingerprint density at radius 1 is 1.18 bits per heavy atom. The van der Waals surface area contributed by atoms with Crippen molar-refractivity contribution in [3.05, 3.63) is 24.3 Å². The van der Waals surface area contributed by atoms with Gasteiger partial charge in [0.25, 0.3) is 0 Å². The summed E-state index contributed by atoms with van der Waals surface area (Å²) in [6.45, 7) is 4.63. The highest BCUT2D eigenvalue weighted by Crippen LogP contribution is 2.46. The van der Waals surface area contributed by atoms with Gasteiger partial charge in [-0.2, -0.15) is 0 Å². The minimum Gasteiger partial charge on any atom is -0.466 e. The smallest absolute Gasteiger partial charge is 0.310 e. The van der Waals surface area contributed by atoms with Gasteiger partial charge >= 0.3 is 5.97 Å². The average Bonchev–Trinajstić information content (AvgIpc) is 2.57. The lowest BCUT2D eigenvalue weighted by atomic mass is 9.61. The van der Waals surface area contributed by atoms with E-state index >= 15 is 0 Å². The fraction of sp³-hybridized carbons (Fsp3) is 0.737. The number of esters is 1. The first-order chi connectivity index (χ1) is 10.7. The number of rotatable bonds is 5. The highest BCUT2D eigenvalue weighted by molar-refractivity contribution is 5.74. The quantitative estimate of drug-likeness (QED) is 0.789. The number of hydrogen-bond donors (Lipinski definition) is 1. The number of ether oxygens (including phenoxy) is 1. The minimum atomic E-state index is 0.0155. The van der Waals surface area contributed by atoms with E-state index in [1.807, 2.05) is 6.92 Å². The summed E-state index contributed by atoms with van der Waals surface area (Å²) in [5.41, 5.74) is 0.0155. The van der Waals surface area contributed by atoms with Gasteiger partial charge < -0.3 is 10.1 Å². The molecular formula is C19H29NO2. The van der Waals surface area contributed by atoms with Gasteiger partial charge in [0.15, 0.2) is 0 Å². The monoisotopic (exact) mass is 303 g/mol. The van der Waals surface area contributed by atoms with Crippen LogP contribution in [-0.2, 0) is 9.53 Å². The summed E-state index contributed by atoms with van der Waals surface area (Å²) in [5.74, 6) is 1.21. The number of carbonyl (C=O) groups is 1. The van der Waals surface area contributed by atoms with Gasteiger partial charge in [0.1, 0.15) is 0 Å². The molecule has 4 aliphatic carbocycles. The van der Waals surface area contributed by atoms with Crippen LogP contribution in [0.3, 0.4) is 0 Å². The summed E-state index contributed by atoms with van der Waals surface area (Å²) >= 11 is 0. The normalized spacial score (nSPS) is 39.9. The molecular weight excluding hydrogens is 274 g/mol. The average molecular weight is 303 g/mol. The van der Waals surface area contributed by atoms with Gasteiger partial charge in [-0.25, -0.2) is 0 Å². The minimum absolute atomic E-state index is 0.0155. The summed E-state index contributed by atoms with van der Waals surface area (Å²) in [7, 11) is 0. The zero-order chi connectivity index (χ0) is 15.6. The van der Waals surface area contributed by atoms with Crippen LogP contribution < -0.4 is 5.32 Å². The molecule has 122 valence electrons. The van der Waals surface area contributed by atoms with Crippen molar-refractivity contribution in [1.29, 1.82) is 0 Å². The van der Waals surface area contributed by atoms with E-state index in [0.29, 0.717) is 18.4 Å². The molecule has 3 saturated carbocycles. The van der Waals surface area contributed by atoms with Crippen molar-refractivity contribution in [2.45, 2.75) is 64.0 Å². The third kappa shape index (κ3) is 2.88. The molecule has 3 fully saturated rings. The van der Waals surface area contributed by atoms with Gasteiger partial charge in [0.2, 0.25) is 0 Å². The van der Waals surface area contributed by atoms with E-state index in [4.69, 9.17) is 4.74 Å². The second-order valence-electron chi connectivity index (χ2n) is 7.12. The van der Waals surface area contributed by atoms with Crippen molar-refractivity contribution in [3.63, 3.8) is 0 Å². The zero-order valence-corrected chi connectivity index (χ0v) is 13.9. The summed E-state index contributed by atoms with van der Waals surface area (Å²) in [6, 6.07) is 0.280. The molecule has 4 aliphatic rings. The lowest BCUT2D eigenvalue weighted by Gasteiger charge is -2.50. The number of hydrogen-bond acceptors (Lipinski definition) is 3. The van der Waals surface area contributed by atoms with Crippen LogP contribution in [0.2, 0.25) is 0 Å². The number of fused-ring (bicyclic) bond motifs is 3. The summed E-state index contributed by atoms with van der Waals surface area (Å²) in [4.78, 5) is 12.5. The highest BCUT2D eigenvalue weighted by atomic mass is 16.5. The van der Waals surface area contributed by atoms with Crippen molar-refractivity contribution >= 4 is 5.97 Å². The molecule has 0 heterocycles. The molecule has 0 aromatic rings. The van der Waals surface area contributed by atoms with Crippen molar-refractivity contribution in [1.82, 2.24) is 5.32 Å². The number of allylic oxidation sites excluding steroid dienone is 2. The van der Waals surface area contributed by atoms with E-state index in [2.05, 4.69) is 36.5 Å². The molecule has 0 radical (unpaired) electrons. The van der Waals surface area contributed by atoms with Crippen LogP contribution >= 0.6 is 0 Å². The first-order valence-corrected chi connectivity index (χ1v) is 8.98. The van der Waals surface area contributed by atoms with Gasteiger partial charge in [0, 0.05) is 11.6 Å². The molecule has 0 saturated heterocycles. The molecule has 0 aromatic carbocycles. The first-order valence-electron chi connectivity index (χ1n) is 8.98. The Morgan fingerprint density at radius 3 is 2.50 bits per heavy atom. The topological polar surface area (TPSA) is 38.3 Å². The molecule has 0 aliphatic heterocycles. The lowest BCUT2D eigenvalue weighted by molar-refractivity contribution is -0.156. The maximum Gasteiger partial charge on any atom is 0.310 e. The van der Waals surface area contributed by atoms with Crippen LogP contribution in [0.4, 0.5) is 0 Å². The molecule has 4 rings (SSSR count). The van der Waals surface area contributed by atoms with E-state index in [-0.39, 0.29) is 23.5 Å². The number of nitrogens with one attached hydrogen (secondary N) is 1. The van der Waals surface area contributed by atoms with E-state index < -0.39 is 0 Å². The predicted molar refractivity (Wildman–Crippen MR) is 88.4 cm³/mol. The third-order valence-corrected chi connectivity index (χ3v) is 6.01. The Morgan fingerprint density at radius 2 is 1.91 bits per heavy atom. The highest BCUT2D eigenvalue weighted by Gasteiger charge is 2.49. The van der Waals surface area contributed by atoms with Gasteiger partial charge in [-0.1, -0.05) is 31.2 Å².